The van der Waals surface area contributed by atoms with Crippen molar-refractivity contribution in [2.45, 2.75) is 19.5 Å². The number of benzene rings is 2. The number of methoxy groups -OCH3 is 1. The van der Waals surface area contributed by atoms with Gasteiger partial charge in [0.2, 0.25) is 0 Å². The first-order valence-corrected chi connectivity index (χ1v) is 7.46. The van der Waals surface area contributed by atoms with Crippen LogP contribution in [-0.2, 0) is 6.54 Å². The fourth-order valence-electron chi connectivity index (χ4n) is 2.30. The minimum atomic E-state index is -0.133. The highest BCUT2D eigenvalue weighted by Crippen LogP contribution is 2.20. The van der Waals surface area contributed by atoms with Crippen LogP contribution in [-0.4, -0.2) is 25.4 Å². The standard InChI is InChI=1S/C18H23NO3/c1-3-22-17-9-4-6-14(10-17)12-19-18(13-20)15-7-5-8-16(11-15)21-2/h4-11,18-20H,3,12-13H2,1-2H3. The number of nitrogens with one attached hydrogen (secondary N) is 1. The zero-order valence-electron chi connectivity index (χ0n) is 13.1. The quantitative estimate of drug-likeness (QED) is 0.787. The SMILES string of the molecule is CCOc1cccc(CNC(CO)c2cccc(OC)c2)c1. The van der Waals surface area contributed by atoms with Gasteiger partial charge in [-0.2, -0.15) is 0 Å². The number of ether oxygens (including phenoxy) is 2. The number of hydrogen-bond acceptors (Lipinski definition) is 4. The van der Waals surface area contributed by atoms with Gasteiger partial charge in [-0.15, -0.1) is 0 Å². The Bertz CT molecular complexity index is 586. The van der Waals surface area contributed by atoms with Crippen LogP contribution >= 0.6 is 0 Å². The van der Waals surface area contributed by atoms with Crippen molar-refractivity contribution in [1.82, 2.24) is 5.32 Å². The fraction of sp³-hybridized carbons (Fsp3) is 0.333. The van der Waals surface area contributed by atoms with Crippen molar-refractivity contribution in [3.8, 4) is 11.5 Å². The van der Waals surface area contributed by atoms with E-state index in [1.165, 1.54) is 0 Å². The Morgan fingerprint density at radius 3 is 2.59 bits per heavy atom. The summed E-state index contributed by atoms with van der Waals surface area (Å²) < 4.78 is 10.7. The summed E-state index contributed by atoms with van der Waals surface area (Å²) in [4.78, 5) is 0. The monoisotopic (exact) mass is 301 g/mol. The summed E-state index contributed by atoms with van der Waals surface area (Å²) in [6.07, 6.45) is 0. The minimum Gasteiger partial charge on any atom is -0.497 e. The minimum absolute atomic E-state index is 0.0261. The summed E-state index contributed by atoms with van der Waals surface area (Å²) in [6.45, 7) is 3.30. The molecule has 0 aromatic heterocycles. The smallest absolute Gasteiger partial charge is 0.119 e. The van der Waals surface area contributed by atoms with Gasteiger partial charge < -0.3 is 19.9 Å². The number of rotatable bonds is 8. The zero-order chi connectivity index (χ0) is 15.8. The highest BCUT2D eigenvalue weighted by atomic mass is 16.5. The molecule has 2 rings (SSSR count). The second-order valence-corrected chi connectivity index (χ2v) is 4.97. The van der Waals surface area contributed by atoms with E-state index in [9.17, 15) is 5.11 Å². The molecule has 0 bridgehead atoms. The first kappa shape index (κ1) is 16.3. The predicted molar refractivity (Wildman–Crippen MR) is 87.3 cm³/mol. The number of hydrogen-bond donors (Lipinski definition) is 2. The third-order valence-corrected chi connectivity index (χ3v) is 3.44. The lowest BCUT2D eigenvalue weighted by Crippen LogP contribution is -2.24. The van der Waals surface area contributed by atoms with E-state index < -0.39 is 0 Å². The fourth-order valence-corrected chi connectivity index (χ4v) is 2.30. The largest absolute Gasteiger partial charge is 0.497 e. The summed E-state index contributed by atoms with van der Waals surface area (Å²) in [7, 11) is 1.64. The van der Waals surface area contributed by atoms with Crippen LogP contribution in [0.4, 0.5) is 0 Å². The molecule has 2 N–H and O–H groups in total. The lowest BCUT2D eigenvalue weighted by molar-refractivity contribution is 0.243. The molecular weight excluding hydrogens is 278 g/mol. The summed E-state index contributed by atoms with van der Waals surface area (Å²) >= 11 is 0. The maximum Gasteiger partial charge on any atom is 0.119 e. The molecule has 118 valence electrons. The van der Waals surface area contributed by atoms with Gasteiger partial charge >= 0.3 is 0 Å². The maximum absolute atomic E-state index is 9.63. The Labute approximate surface area is 131 Å². The molecule has 4 nitrogen and oxygen atoms in total. The van der Waals surface area contributed by atoms with Crippen LogP contribution in [0.15, 0.2) is 48.5 Å². The van der Waals surface area contributed by atoms with E-state index in [1.807, 2.05) is 55.5 Å². The third kappa shape index (κ3) is 4.48. The Hall–Kier alpha value is -2.04. The molecule has 2 aromatic rings. The molecule has 1 atom stereocenters. The van der Waals surface area contributed by atoms with Crippen molar-refractivity contribution in [2.75, 3.05) is 20.3 Å². The molecule has 1 unspecified atom stereocenters. The van der Waals surface area contributed by atoms with E-state index in [2.05, 4.69) is 5.32 Å². The van der Waals surface area contributed by atoms with Crippen LogP contribution in [0.3, 0.4) is 0 Å². The van der Waals surface area contributed by atoms with Gasteiger partial charge in [0.05, 0.1) is 26.4 Å². The molecule has 22 heavy (non-hydrogen) atoms. The second-order valence-electron chi connectivity index (χ2n) is 4.97. The lowest BCUT2D eigenvalue weighted by Gasteiger charge is -2.18. The highest BCUT2D eigenvalue weighted by Gasteiger charge is 2.10. The lowest BCUT2D eigenvalue weighted by atomic mass is 10.1. The molecule has 0 fully saturated rings. The molecule has 0 aliphatic rings. The molecule has 0 amide bonds. The Kier molecular flexibility index (Phi) is 6.25. The molecule has 0 spiro atoms. The zero-order valence-corrected chi connectivity index (χ0v) is 13.1. The Morgan fingerprint density at radius 2 is 1.86 bits per heavy atom. The molecule has 0 heterocycles. The predicted octanol–water partition coefficient (Wildman–Crippen LogP) is 2.92. The molecule has 0 radical (unpaired) electrons. The first-order valence-electron chi connectivity index (χ1n) is 7.46. The normalized spacial score (nSPS) is 12.0. The molecule has 0 saturated heterocycles. The molecule has 0 aliphatic heterocycles. The molecule has 0 saturated carbocycles. The Morgan fingerprint density at radius 1 is 1.09 bits per heavy atom. The molecule has 0 aliphatic carbocycles. The van der Waals surface area contributed by atoms with Gasteiger partial charge in [-0.05, 0) is 42.3 Å². The van der Waals surface area contributed by atoms with Crippen molar-refractivity contribution in [2.24, 2.45) is 0 Å². The van der Waals surface area contributed by atoms with E-state index in [-0.39, 0.29) is 12.6 Å². The average molecular weight is 301 g/mol. The topological polar surface area (TPSA) is 50.7 Å². The third-order valence-electron chi connectivity index (χ3n) is 3.44. The van der Waals surface area contributed by atoms with E-state index in [0.717, 1.165) is 22.6 Å². The Balaban J connectivity index is 2.02. The van der Waals surface area contributed by atoms with Crippen LogP contribution in [0, 0.1) is 0 Å². The maximum atomic E-state index is 9.63. The van der Waals surface area contributed by atoms with Gasteiger partial charge in [0.1, 0.15) is 11.5 Å². The average Bonchev–Trinajstić information content (AvgIpc) is 2.56. The van der Waals surface area contributed by atoms with Crippen molar-refractivity contribution >= 4 is 0 Å². The van der Waals surface area contributed by atoms with Crippen molar-refractivity contribution in [3.05, 3.63) is 59.7 Å². The van der Waals surface area contributed by atoms with Crippen LogP contribution in [0.1, 0.15) is 24.1 Å². The van der Waals surface area contributed by atoms with Crippen LogP contribution in [0.5, 0.6) is 11.5 Å². The van der Waals surface area contributed by atoms with Crippen LogP contribution < -0.4 is 14.8 Å². The molecule has 4 heteroatoms. The summed E-state index contributed by atoms with van der Waals surface area (Å²) in [5.41, 5.74) is 2.12. The number of aliphatic hydroxyl groups excluding tert-OH is 1. The number of aliphatic hydroxyl groups is 1. The van der Waals surface area contributed by atoms with Crippen molar-refractivity contribution in [1.29, 1.82) is 0 Å². The van der Waals surface area contributed by atoms with Crippen LogP contribution in [0.2, 0.25) is 0 Å². The van der Waals surface area contributed by atoms with E-state index >= 15 is 0 Å². The molecule has 2 aromatic carbocycles. The summed E-state index contributed by atoms with van der Waals surface area (Å²) in [5, 5.41) is 13.0. The van der Waals surface area contributed by atoms with Crippen molar-refractivity contribution in [3.63, 3.8) is 0 Å². The molecular formula is C18H23NO3. The van der Waals surface area contributed by atoms with Gasteiger partial charge in [0.25, 0.3) is 0 Å². The van der Waals surface area contributed by atoms with E-state index in [0.29, 0.717) is 13.2 Å². The van der Waals surface area contributed by atoms with Crippen LogP contribution in [0.25, 0.3) is 0 Å². The first-order chi connectivity index (χ1) is 10.8. The van der Waals surface area contributed by atoms with Crippen molar-refractivity contribution < 1.29 is 14.6 Å². The van der Waals surface area contributed by atoms with Gasteiger partial charge in [-0.25, -0.2) is 0 Å². The second kappa shape index (κ2) is 8.41. The summed E-state index contributed by atoms with van der Waals surface area (Å²) in [6, 6.07) is 15.6. The van der Waals surface area contributed by atoms with Gasteiger partial charge in [-0.3, -0.25) is 0 Å². The summed E-state index contributed by atoms with van der Waals surface area (Å²) in [5.74, 6) is 1.65. The van der Waals surface area contributed by atoms with Gasteiger partial charge in [0.15, 0.2) is 0 Å². The van der Waals surface area contributed by atoms with E-state index in [4.69, 9.17) is 9.47 Å². The van der Waals surface area contributed by atoms with E-state index in [1.54, 1.807) is 7.11 Å². The van der Waals surface area contributed by atoms with Gasteiger partial charge in [0, 0.05) is 6.54 Å². The highest BCUT2D eigenvalue weighted by molar-refractivity contribution is 5.31. The van der Waals surface area contributed by atoms with Gasteiger partial charge in [-0.1, -0.05) is 24.3 Å².